The van der Waals surface area contributed by atoms with E-state index >= 15 is 0 Å². The summed E-state index contributed by atoms with van der Waals surface area (Å²) in [6.45, 7) is 1.97. The van der Waals surface area contributed by atoms with Crippen LogP contribution in [0.3, 0.4) is 0 Å². The first kappa shape index (κ1) is 14.8. The van der Waals surface area contributed by atoms with Gasteiger partial charge in [-0.05, 0) is 0 Å². The highest BCUT2D eigenvalue weighted by Gasteiger charge is 2.44. The Morgan fingerprint density at radius 1 is 1.11 bits per heavy atom. The lowest BCUT2D eigenvalue weighted by Gasteiger charge is -2.42. The minimum Gasteiger partial charge on any atom is -0.394 e. The fourth-order valence-electron chi connectivity index (χ4n) is 1.84. The quantitative estimate of drug-likeness (QED) is 0.370. The molecule has 0 spiro atoms. The van der Waals surface area contributed by atoms with Gasteiger partial charge in [-0.3, -0.25) is 9.59 Å². The predicted molar refractivity (Wildman–Crippen MR) is 59.2 cm³/mol. The van der Waals surface area contributed by atoms with Gasteiger partial charge in [0.2, 0.25) is 11.8 Å². The maximum absolute atomic E-state index is 11.0. The van der Waals surface area contributed by atoms with Crippen molar-refractivity contribution < 1.29 is 29.6 Å². The summed E-state index contributed by atoms with van der Waals surface area (Å²) in [5.41, 5.74) is 0. The van der Waals surface area contributed by atoms with Crippen molar-refractivity contribution in [3.05, 3.63) is 0 Å². The van der Waals surface area contributed by atoms with Gasteiger partial charge in [0.1, 0.15) is 24.4 Å². The normalized spacial score (nSPS) is 35.9. The van der Waals surface area contributed by atoms with Crippen molar-refractivity contribution in [2.24, 2.45) is 0 Å². The van der Waals surface area contributed by atoms with E-state index < -0.39 is 49.0 Å². The lowest BCUT2D eigenvalue weighted by atomic mass is 9.96. The molecule has 0 aromatic heterocycles. The van der Waals surface area contributed by atoms with Gasteiger partial charge in [-0.1, -0.05) is 0 Å². The van der Waals surface area contributed by atoms with Crippen LogP contribution >= 0.6 is 0 Å². The standard InChI is InChI=1S/C10H18N2O6/c1-4(14)11-7-9(17)8(16)6(3-13)18-10(7)12-5(2)15/h6-10,13,16-17H,3H2,1-2H3,(H,11,14)(H,12,15)/t6-,7-,8-,9-,10-/m1/s1. The van der Waals surface area contributed by atoms with Gasteiger partial charge < -0.3 is 30.7 Å². The van der Waals surface area contributed by atoms with E-state index in [0.717, 1.165) is 0 Å². The molecule has 1 saturated heterocycles. The van der Waals surface area contributed by atoms with Crippen molar-refractivity contribution in [1.29, 1.82) is 0 Å². The Hall–Kier alpha value is -1.22. The van der Waals surface area contributed by atoms with Crippen LogP contribution in [0.1, 0.15) is 13.8 Å². The van der Waals surface area contributed by atoms with E-state index in [1.165, 1.54) is 13.8 Å². The van der Waals surface area contributed by atoms with Crippen LogP contribution in [0.5, 0.6) is 0 Å². The molecule has 1 heterocycles. The van der Waals surface area contributed by atoms with Crippen LogP contribution in [0.25, 0.3) is 0 Å². The molecule has 104 valence electrons. The molecule has 1 fully saturated rings. The van der Waals surface area contributed by atoms with E-state index in [1.807, 2.05) is 0 Å². The maximum Gasteiger partial charge on any atom is 0.218 e. The predicted octanol–water partition coefficient (Wildman–Crippen LogP) is -2.93. The fourth-order valence-corrected chi connectivity index (χ4v) is 1.84. The van der Waals surface area contributed by atoms with Gasteiger partial charge in [0.05, 0.1) is 6.61 Å². The van der Waals surface area contributed by atoms with Crippen molar-refractivity contribution in [2.75, 3.05) is 6.61 Å². The number of hydrogen-bond donors (Lipinski definition) is 5. The molecular formula is C10H18N2O6. The Morgan fingerprint density at radius 3 is 2.11 bits per heavy atom. The first-order valence-corrected chi connectivity index (χ1v) is 5.53. The largest absolute Gasteiger partial charge is 0.394 e. The molecule has 1 aliphatic rings. The van der Waals surface area contributed by atoms with Crippen LogP contribution in [0.15, 0.2) is 0 Å². The Morgan fingerprint density at radius 2 is 1.67 bits per heavy atom. The summed E-state index contributed by atoms with van der Waals surface area (Å²) in [5.74, 6) is -0.858. The molecule has 0 aromatic carbocycles. The molecule has 0 unspecified atom stereocenters. The maximum atomic E-state index is 11.0. The highest BCUT2D eigenvalue weighted by molar-refractivity contribution is 5.74. The molecule has 5 N–H and O–H groups in total. The monoisotopic (exact) mass is 262 g/mol. The number of aliphatic hydroxyl groups excluding tert-OH is 3. The number of nitrogens with one attached hydrogen (secondary N) is 2. The number of rotatable bonds is 3. The zero-order valence-corrected chi connectivity index (χ0v) is 10.2. The van der Waals surface area contributed by atoms with E-state index in [9.17, 15) is 19.8 Å². The minimum absolute atomic E-state index is 0.421. The molecule has 0 aromatic rings. The third-order valence-corrected chi connectivity index (χ3v) is 2.64. The van der Waals surface area contributed by atoms with Gasteiger partial charge in [0.15, 0.2) is 6.23 Å². The summed E-state index contributed by atoms with van der Waals surface area (Å²) >= 11 is 0. The summed E-state index contributed by atoms with van der Waals surface area (Å²) in [5, 5.41) is 33.3. The molecule has 0 aliphatic carbocycles. The van der Waals surface area contributed by atoms with Crippen molar-refractivity contribution in [1.82, 2.24) is 10.6 Å². The fraction of sp³-hybridized carbons (Fsp3) is 0.800. The second kappa shape index (κ2) is 6.10. The van der Waals surface area contributed by atoms with Crippen LogP contribution in [0.4, 0.5) is 0 Å². The van der Waals surface area contributed by atoms with E-state index in [4.69, 9.17) is 9.84 Å². The minimum atomic E-state index is -1.35. The highest BCUT2D eigenvalue weighted by Crippen LogP contribution is 2.19. The topological polar surface area (TPSA) is 128 Å². The average Bonchev–Trinajstić information content (AvgIpc) is 2.27. The number of amides is 2. The Balaban J connectivity index is 2.86. The Kier molecular flexibility index (Phi) is 5.03. The van der Waals surface area contributed by atoms with Crippen LogP contribution in [-0.2, 0) is 14.3 Å². The van der Waals surface area contributed by atoms with Gasteiger partial charge in [-0.15, -0.1) is 0 Å². The molecular weight excluding hydrogens is 244 g/mol. The number of ether oxygens (including phenoxy) is 1. The second-order valence-electron chi connectivity index (χ2n) is 4.19. The molecule has 18 heavy (non-hydrogen) atoms. The summed E-state index contributed by atoms with van der Waals surface area (Å²) in [6, 6.07) is -0.982. The molecule has 0 saturated carbocycles. The van der Waals surface area contributed by atoms with Gasteiger partial charge in [-0.25, -0.2) is 0 Å². The third-order valence-electron chi connectivity index (χ3n) is 2.64. The van der Waals surface area contributed by atoms with E-state index in [2.05, 4.69) is 10.6 Å². The first-order valence-electron chi connectivity index (χ1n) is 5.53. The Labute approximate surface area is 104 Å². The van der Waals surface area contributed by atoms with Gasteiger partial charge in [-0.2, -0.15) is 0 Å². The lowest BCUT2D eigenvalue weighted by molar-refractivity contribution is -0.203. The van der Waals surface area contributed by atoms with Crippen LogP contribution in [0, 0.1) is 0 Å². The van der Waals surface area contributed by atoms with Crippen LogP contribution in [0.2, 0.25) is 0 Å². The third kappa shape index (κ3) is 3.39. The smallest absolute Gasteiger partial charge is 0.218 e. The molecule has 8 heteroatoms. The summed E-state index contributed by atoms with van der Waals surface area (Å²) in [4.78, 5) is 22.0. The summed E-state index contributed by atoms with van der Waals surface area (Å²) in [6.07, 6.45) is -4.74. The molecule has 2 amide bonds. The zero-order valence-electron chi connectivity index (χ0n) is 10.2. The SMILES string of the molecule is CC(=O)N[C@@H]1[C@@H](O)[C@H](O)[C@@H](CO)O[C@H]1NC(C)=O. The van der Waals surface area contributed by atoms with Crippen LogP contribution < -0.4 is 10.6 Å². The summed E-state index contributed by atoms with van der Waals surface area (Å²) in [7, 11) is 0. The van der Waals surface area contributed by atoms with Crippen LogP contribution in [-0.4, -0.2) is 64.3 Å². The van der Waals surface area contributed by atoms with Crippen molar-refractivity contribution >= 4 is 11.8 Å². The number of carbonyl (C=O) groups excluding carboxylic acids is 2. The molecule has 8 nitrogen and oxygen atoms in total. The molecule has 0 bridgehead atoms. The molecule has 0 radical (unpaired) electrons. The second-order valence-corrected chi connectivity index (χ2v) is 4.19. The highest BCUT2D eigenvalue weighted by atomic mass is 16.5. The van der Waals surface area contributed by atoms with Gasteiger partial charge in [0.25, 0.3) is 0 Å². The van der Waals surface area contributed by atoms with E-state index in [-0.39, 0.29) is 0 Å². The van der Waals surface area contributed by atoms with Gasteiger partial charge >= 0.3 is 0 Å². The molecule has 1 rings (SSSR count). The number of aliphatic hydroxyl groups is 3. The first-order chi connectivity index (χ1) is 8.36. The van der Waals surface area contributed by atoms with Gasteiger partial charge in [0, 0.05) is 13.8 Å². The lowest BCUT2D eigenvalue weighted by Crippen LogP contribution is -2.67. The number of hydrogen-bond acceptors (Lipinski definition) is 6. The van der Waals surface area contributed by atoms with Crippen molar-refractivity contribution in [3.8, 4) is 0 Å². The van der Waals surface area contributed by atoms with E-state index in [1.54, 1.807) is 0 Å². The molecule has 5 atom stereocenters. The molecule has 1 aliphatic heterocycles. The number of carbonyl (C=O) groups is 2. The van der Waals surface area contributed by atoms with E-state index in [0.29, 0.717) is 0 Å². The Bertz CT molecular complexity index is 323. The average molecular weight is 262 g/mol. The van der Waals surface area contributed by atoms with Crippen molar-refractivity contribution in [2.45, 2.75) is 44.4 Å². The summed E-state index contributed by atoms with van der Waals surface area (Å²) < 4.78 is 5.24. The zero-order chi connectivity index (χ0) is 13.9. The van der Waals surface area contributed by atoms with Crippen molar-refractivity contribution in [3.63, 3.8) is 0 Å².